The normalized spacial score (nSPS) is 25.0. The third-order valence-corrected chi connectivity index (χ3v) is 6.63. The number of rotatable bonds is 5. The number of nitrogens with zero attached hydrogens (tertiary/aromatic N) is 2. The first-order chi connectivity index (χ1) is 13.4. The minimum atomic E-state index is 0. The lowest BCUT2D eigenvalue weighted by molar-refractivity contribution is 0.0513. The minimum absolute atomic E-state index is 0. The summed E-state index contributed by atoms with van der Waals surface area (Å²) in [6.07, 6.45) is 1.97. The molecule has 0 amide bonds. The number of benzene rings is 1. The van der Waals surface area contributed by atoms with Crippen molar-refractivity contribution in [3.63, 3.8) is 0 Å². The molecule has 2 aliphatic rings. The van der Waals surface area contributed by atoms with Gasteiger partial charge in [0.2, 0.25) is 0 Å². The van der Waals surface area contributed by atoms with Crippen LogP contribution in [-0.4, -0.2) is 62.8 Å². The predicted molar refractivity (Wildman–Crippen MR) is 133 cm³/mol. The maximum atomic E-state index is 6.29. The van der Waals surface area contributed by atoms with Gasteiger partial charge in [0.05, 0.1) is 0 Å². The molecule has 2 N–H and O–H groups in total. The molecule has 0 saturated carbocycles. The summed E-state index contributed by atoms with van der Waals surface area (Å²) in [6.45, 7) is 11.4. The van der Waals surface area contributed by atoms with Crippen molar-refractivity contribution in [3.8, 4) is 0 Å². The van der Waals surface area contributed by atoms with Crippen molar-refractivity contribution >= 4 is 41.5 Å². The number of aliphatic imine (C=N–C) groups is 1. The smallest absolute Gasteiger partial charge is 0.191 e. The third kappa shape index (κ3) is 6.21. The molecule has 2 atom stereocenters. The van der Waals surface area contributed by atoms with Gasteiger partial charge in [-0.25, -0.2) is 0 Å². The fourth-order valence-corrected chi connectivity index (χ4v) is 4.58. The van der Waals surface area contributed by atoms with E-state index in [1.807, 2.05) is 19.2 Å². The Labute approximate surface area is 198 Å². The summed E-state index contributed by atoms with van der Waals surface area (Å²) in [5.74, 6) is 1.49. The van der Waals surface area contributed by atoms with Gasteiger partial charge in [0.25, 0.3) is 0 Å². The van der Waals surface area contributed by atoms with Gasteiger partial charge < -0.3 is 15.4 Å². The quantitative estimate of drug-likeness (QED) is 0.342. The van der Waals surface area contributed by atoms with Crippen molar-refractivity contribution in [2.24, 2.45) is 10.9 Å². The van der Waals surface area contributed by atoms with E-state index in [0.717, 1.165) is 56.7 Å². The number of halogens is 2. The van der Waals surface area contributed by atoms with Gasteiger partial charge in [-0.2, -0.15) is 0 Å². The van der Waals surface area contributed by atoms with E-state index < -0.39 is 0 Å². The van der Waals surface area contributed by atoms with E-state index in [-0.39, 0.29) is 29.4 Å². The zero-order chi connectivity index (χ0) is 20.1. The first-order valence-corrected chi connectivity index (χ1v) is 10.9. The number of hydrogen-bond acceptors (Lipinski definition) is 3. The molecule has 2 aliphatic heterocycles. The van der Waals surface area contributed by atoms with Crippen LogP contribution in [0.25, 0.3) is 0 Å². The van der Waals surface area contributed by atoms with Crippen molar-refractivity contribution in [2.45, 2.75) is 51.1 Å². The molecule has 0 radical (unpaired) electrons. The lowest BCUT2D eigenvalue weighted by atomic mass is 9.74. The number of guanidine groups is 1. The number of likely N-dealkylation sites (tertiary alicyclic amines) is 1. The molecule has 2 unspecified atom stereocenters. The summed E-state index contributed by atoms with van der Waals surface area (Å²) in [5, 5.41) is 8.06. The van der Waals surface area contributed by atoms with Crippen LogP contribution in [0.15, 0.2) is 29.3 Å². The highest BCUT2D eigenvalue weighted by molar-refractivity contribution is 14.0. The molecule has 2 fully saturated rings. The van der Waals surface area contributed by atoms with Gasteiger partial charge in [-0.1, -0.05) is 30.7 Å². The van der Waals surface area contributed by atoms with Crippen LogP contribution >= 0.6 is 35.6 Å². The zero-order valence-electron chi connectivity index (χ0n) is 18.1. The van der Waals surface area contributed by atoms with Gasteiger partial charge in [0, 0.05) is 62.4 Å². The van der Waals surface area contributed by atoms with Crippen LogP contribution in [0.5, 0.6) is 0 Å². The highest BCUT2D eigenvalue weighted by atomic mass is 127. The molecular formula is C22H36ClIN4O. The molecular weight excluding hydrogens is 499 g/mol. The first-order valence-electron chi connectivity index (χ1n) is 10.5. The molecule has 1 aromatic rings. The maximum Gasteiger partial charge on any atom is 0.191 e. The van der Waals surface area contributed by atoms with Crippen molar-refractivity contribution in [2.75, 3.05) is 39.9 Å². The summed E-state index contributed by atoms with van der Waals surface area (Å²) in [5.41, 5.74) is 1.30. The summed E-state index contributed by atoms with van der Waals surface area (Å²) >= 11 is 6.29. The van der Waals surface area contributed by atoms with Crippen LogP contribution in [0.4, 0.5) is 0 Å². The molecule has 0 aliphatic carbocycles. The highest BCUT2D eigenvalue weighted by Crippen LogP contribution is 2.35. The molecule has 2 saturated heterocycles. The Bertz CT molecular complexity index is 679. The molecule has 7 heteroatoms. The largest absolute Gasteiger partial charge is 0.381 e. The monoisotopic (exact) mass is 534 g/mol. The summed E-state index contributed by atoms with van der Waals surface area (Å²) in [7, 11) is 1.85. The fraction of sp³-hybridized carbons (Fsp3) is 0.682. The molecule has 0 spiro atoms. The Balaban J connectivity index is 0.00000300. The summed E-state index contributed by atoms with van der Waals surface area (Å²) < 4.78 is 5.65. The molecule has 5 nitrogen and oxygen atoms in total. The first kappa shape index (κ1) is 24.7. The van der Waals surface area contributed by atoms with Crippen LogP contribution in [0.2, 0.25) is 5.02 Å². The van der Waals surface area contributed by atoms with Crippen molar-refractivity contribution in [1.29, 1.82) is 0 Å². The molecule has 2 heterocycles. The molecule has 0 aromatic heterocycles. The van der Waals surface area contributed by atoms with E-state index >= 15 is 0 Å². The SMILES string of the molecule is CN=C(NCC1(c2cccc(Cl)c2)CCOCC1)NC1CN(C(C)C)CC1C.I. The van der Waals surface area contributed by atoms with E-state index in [1.165, 1.54) is 5.56 Å². The minimum Gasteiger partial charge on any atom is -0.381 e. The van der Waals surface area contributed by atoms with Gasteiger partial charge in [-0.3, -0.25) is 9.89 Å². The number of hydrogen-bond donors (Lipinski definition) is 2. The van der Waals surface area contributed by atoms with Gasteiger partial charge in [0.15, 0.2) is 5.96 Å². The Hall–Kier alpha value is -0.570. The maximum absolute atomic E-state index is 6.29. The predicted octanol–water partition coefficient (Wildman–Crippen LogP) is 3.90. The molecule has 0 bridgehead atoms. The number of ether oxygens (including phenoxy) is 1. The second-order valence-electron chi connectivity index (χ2n) is 8.60. The molecule has 3 rings (SSSR count). The second-order valence-corrected chi connectivity index (χ2v) is 9.04. The average molecular weight is 535 g/mol. The van der Waals surface area contributed by atoms with E-state index in [0.29, 0.717) is 18.0 Å². The summed E-state index contributed by atoms with van der Waals surface area (Å²) in [4.78, 5) is 7.03. The topological polar surface area (TPSA) is 48.9 Å². The molecule has 164 valence electrons. The Morgan fingerprint density at radius 2 is 2.03 bits per heavy atom. The van der Waals surface area contributed by atoms with Crippen molar-refractivity contribution in [3.05, 3.63) is 34.9 Å². The number of nitrogens with one attached hydrogen (secondary N) is 2. The van der Waals surface area contributed by atoms with Crippen molar-refractivity contribution < 1.29 is 4.74 Å². The van der Waals surface area contributed by atoms with E-state index in [9.17, 15) is 0 Å². The van der Waals surface area contributed by atoms with E-state index in [1.54, 1.807) is 0 Å². The average Bonchev–Trinajstić information content (AvgIpc) is 3.06. The van der Waals surface area contributed by atoms with Gasteiger partial charge in [0.1, 0.15) is 0 Å². The van der Waals surface area contributed by atoms with Crippen molar-refractivity contribution in [1.82, 2.24) is 15.5 Å². The third-order valence-electron chi connectivity index (χ3n) is 6.40. The second kappa shape index (κ2) is 11.2. The van der Waals surface area contributed by atoms with Crippen LogP contribution in [0, 0.1) is 5.92 Å². The van der Waals surface area contributed by atoms with Crippen LogP contribution in [0.3, 0.4) is 0 Å². The Morgan fingerprint density at radius 3 is 2.62 bits per heavy atom. The zero-order valence-corrected chi connectivity index (χ0v) is 21.2. The Kier molecular flexibility index (Phi) is 9.51. The van der Waals surface area contributed by atoms with Crippen LogP contribution in [0.1, 0.15) is 39.2 Å². The summed E-state index contributed by atoms with van der Waals surface area (Å²) in [6, 6.07) is 9.28. The fourth-order valence-electron chi connectivity index (χ4n) is 4.38. The van der Waals surface area contributed by atoms with Crippen LogP contribution in [-0.2, 0) is 10.2 Å². The molecule has 29 heavy (non-hydrogen) atoms. The van der Waals surface area contributed by atoms with E-state index in [4.69, 9.17) is 16.3 Å². The van der Waals surface area contributed by atoms with Crippen LogP contribution < -0.4 is 10.6 Å². The van der Waals surface area contributed by atoms with Gasteiger partial charge >= 0.3 is 0 Å². The highest BCUT2D eigenvalue weighted by Gasteiger charge is 2.36. The van der Waals surface area contributed by atoms with Gasteiger partial charge in [-0.05, 0) is 50.3 Å². The van der Waals surface area contributed by atoms with Gasteiger partial charge in [-0.15, -0.1) is 24.0 Å². The lowest BCUT2D eigenvalue weighted by Gasteiger charge is -2.38. The standard InChI is InChI=1S/C22H35ClN4O.HI/c1-16(2)27-13-17(3)20(14-27)26-21(24-4)25-15-22(8-10-28-11-9-22)18-6-5-7-19(23)12-18;/h5-7,12,16-17,20H,8-11,13-15H2,1-4H3,(H2,24,25,26);1H. The molecule has 1 aromatic carbocycles. The lowest BCUT2D eigenvalue weighted by Crippen LogP contribution is -2.51. The van der Waals surface area contributed by atoms with E-state index in [2.05, 4.69) is 53.4 Å². The Morgan fingerprint density at radius 1 is 1.31 bits per heavy atom.